The quantitative estimate of drug-likeness (QED) is 0.158. The van der Waals surface area contributed by atoms with Gasteiger partial charge in [0.05, 0.1) is 43.9 Å². The molecule has 3 nitrogen and oxygen atoms in total. The summed E-state index contributed by atoms with van der Waals surface area (Å²) >= 11 is 0. The molecule has 3 heterocycles. The molecule has 15 aromatic carbocycles. The fraction of sp³-hybridized carbons (Fsp3) is 0.0323. The molecule has 18 aromatic rings. The summed E-state index contributed by atoms with van der Waals surface area (Å²) in [6, 6.07) is 126. The first-order chi connectivity index (χ1) is 47.6. The van der Waals surface area contributed by atoms with Crippen LogP contribution in [0.1, 0.15) is 55.6 Å². The molecule has 96 heavy (non-hydrogen) atoms. The lowest BCUT2D eigenvalue weighted by Gasteiger charge is -2.30. The Kier molecular flexibility index (Phi) is 10.4. The van der Waals surface area contributed by atoms with E-state index < -0.39 is 5.41 Å². The number of para-hydroxylation sites is 4. The van der Waals surface area contributed by atoms with Gasteiger partial charge in [0.1, 0.15) is 0 Å². The molecule has 2 spiro atoms. The van der Waals surface area contributed by atoms with Crippen molar-refractivity contribution in [2.75, 3.05) is 0 Å². The Balaban J connectivity index is 0.621. The first kappa shape index (κ1) is 52.2. The molecule has 444 valence electrons. The fourth-order valence-corrected chi connectivity index (χ4v) is 18.7. The predicted molar refractivity (Wildman–Crippen MR) is 397 cm³/mol. The Hall–Kier alpha value is -12.3. The van der Waals surface area contributed by atoms with E-state index >= 15 is 0 Å². The summed E-state index contributed by atoms with van der Waals surface area (Å²) in [6.45, 7) is 0. The molecule has 0 aliphatic heterocycles. The van der Waals surface area contributed by atoms with Crippen molar-refractivity contribution in [3.63, 3.8) is 0 Å². The van der Waals surface area contributed by atoms with Gasteiger partial charge in [0.25, 0.3) is 0 Å². The van der Waals surface area contributed by atoms with E-state index in [9.17, 15) is 0 Å². The maximum Gasteiger partial charge on any atom is 0.0725 e. The zero-order valence-corrected chi connectivity index (χ0v) is 52.3. The maximum atomic E-state index is 2.50. The third-order valence-corrected chi connectivity index (χ3v) is 22.5. The molecule has 4 aliphatic carbocycles. The maximum absolute atomic E-state index is 2.50. The van der Waals surface area contributed by atoms with Crippen LogP contribution in [-0.2, 0) is 17.3 Å². The molecular weight excluding hydrogens is 1160 g/mol. The second-order valence-electron chi connectivity index (χ2n) is 26.9. The van der Waals surface area contributed by atoms with E-state index in [0.717, 1.165) is 23.5 Å². The van der Waals surface area contributed by atoms with Crippen molar-refractivity contribution in [2.24, 2.45) is 0 Å². The number of benzene rings is 15. The Morgan fingerprint density at radius 1 is 0.188 bits per heavy atom. The highest BCUT2D eigenvalue weighted by molar-refractivity contribution is 6.13. The molecule has 0 saturated heterocycles. The Labute approximate surface area is 554 Å². The highest BCUT2D eigenvalue weighted by Crippen LogP contribution is 2.65. The second-order valence-corrected chi connectivity index (χ2v) is 26.9. The minimum Gasteiger partial charge on any atom is -0.309 e. The SMILES string of the molecule is c1ccc2c(c1)-c1ccccc1C21c2ccccc2-c2cc(-c3ccc4c(c3)c3ccccc3n4-c3ccc(Cc4ccc5c(c4)c4ccccc4n5-c4ccc5c(c4)-c4cc(-n6c7ccccc7c7ccccc76)ccc4C54c5ccccc5-c5ccccc54)cc3)ccc21. The van der Waals surface area contributed by atoms with Crippen LogP contribution in [0, 0.1) is 0 Å². The number of rotatable bonds is 6. The first-order valence-corrected chi connectivity index (χ1v) is 33.7. The highest BCUT2D eigenvalue weighted by Gasteiger charge is 2.53. The molecule has 3 heteroatoms. The molecule has 0 N–H and O–H groups in total. The summed E-state index contributed by atoms with van der Waals surface area (Å²) in [5, 5.41) is 7.53. The normalized spacial score (nSPS) is 13.8. The molecule has 3 aromatic heterocycles. The van der Waals surface area contributed by atoms with Gasteiger partial charge in [-0.3, -0.25) is 0 Å². The summed E-state index contributed by atoms with van der Waals surface area (Å²) < 4.78 is 7.42. The summed E-state index contributed by atoms with van der Waals surface area (Å²) in [7, 11) is 0. The summed E-state index contributed by atoms with van der Waals surface area (Å²) in [6.07, 6.45) is 0.812. The average molecular weight is 1220 g/mol. The largest absolute Gasteiger partial charge is 0.309 e. The van der Waals surface area contributed by atoms with E-state index in [1.165, 1.54) is 177 Å². The van der Waals surface area contributed by atoms with Gasteiger partial charge < -0.3 is 13.7 Å². The van der Waals surface area contributed by atoms with E-state index in [0.29, 0.717) is 0 Å². The van der Waals surface area contributed by atoms with E-state index in [2.05, 4.69) is 347 Å². The van der Waals surface area contributed by atoms with Crippen molar-refractivity contribution in [3.05, 3.63) is 389 Å². The van der Waals surface area contributed by atoms with Gasteiger partial charge in [-0.2, -0.15) is 0 Å². The topological polar surface area (TPSA) is 14.8 Å². The zero-order chi connectivity index (χ0) is 62.5. The van der Waals surface area contributed by atoms with Crippen molar-refractivity contribution in [1.29, 1.82) is 0 Å². The third kappa shape index (κ3) is 6.70. The summed E-state index contributed by atoms with van der Waals surface area (Å²) in [5.41, 5.74) is 36.1. The highest BCUT2D eigenvalue weighted by atomic mass is 15.0. The number of aromatic nitrogens is 3. The number of hydrogen-bond donors (Lipinski definition) is 0. The van der Waals surface area contributed by atoms with Crippen LogP contribution in [0.5, 0.6) is 0 Å². The van der Waals surface area contributed by atoms with Crippen LogP contribution in [0.15, 0.2) is 334 Å². The van der Waals surface area contributed by atoms with E-state index in [-0.39, 0.29) is 5.41 Å². The molecular formula is C93H57N3. The molecule has 0 saturated carbocycles. The second kappa shape index (κ2) is 19.2. The minimum absolute atomic E-state index is 0.355. The Morgan fingerprint density at radius 3 is 0.938 bits per heavy atom. The molecule has 4 aliphatic rings. The van der Waals surface area contributed by atoms with Crippen LogP contribution in [0.4, 0.5) is 0 Å². The van der Waals surface area contributed by atoms with Crippen LogP contribution in [0.25, 0.3) is 138 Å². The van der Waals surface area contributed by atoms with Crippen molar-refractivity contribution in [2.45, 2.75) is 17.3 Å². The van der Waals surface area contributed by atoms with Gasteiger partial charge in [0.2, 0.25) is 0 Å². The predicted octanol–water partition coefficient (Wildman–Crippen LogP) is 22.9. The minimum atomic E-state index is -0.473. The number of nitrogens with zero attached hydrogens (tertiary/aromatic N) is 3. The lowest BCUT2D eigenvalue weighted by molar-refractivity contribution is 0.793. The van der Waals surface area contributed by atoms with Crippen molar-refractivity contribution >= 4 is 65.4 Å². The standard InChI is InChI=1S/C93H57N3/c1-10-28-78-64(19-1)65-20-2-11-29-79(65)92(78)82-32-14-5-23-68(82)73-53-59(40-46-83(73)92)60-41-50-91-77(54-60)72-27-9-17-35-88(72)94(91)61-42-37-57(38-43-61)51-58-39-49-90-76(52-58)71-26-8-18-36-89(71)96(90)63-45-48-85-75(56-63)74-55-62(95-86-33-15-6-24-69(86)70-25-7-16-34-87(70)95)44-47-84(74)93(85)80-30-12-3-21-66(80)67-22-4-13-31-81(67)93/h1-50,52-56H,51H2. The number of fused-ring (bicyclic) bond motifs is 29. The van der Waals surface area contributed by atoms with Crippen molar-refractivity contribution in [1.82, 2.24) is 13.7 Å². The van der Waals surface area contributed by atoms with Crippen LogP contribution in [-0.4, -0.2) is 13.7 Å². The number of hydrogen-bond acceptors (Lipinski definition) is 0. The van der Waals surface area contributed by atoms with Gasteiger partial charge in [0, 0.05) is 49.4 Å². The third-order valence-electron chi connectivity index (χ3n) is 22.5. The molecule has 0 fully saturated rings. The van der Waals surface area contributed by atoms with E-state index in [1.807, 2.05) is 0 Å². The van der Waals surface area contributed by atoms with Crippen molar-refractivity contribution < 1.29 is 0 Å². The van der Waals surface area contributed by atoms with Crippen LogP contribution >= 0.6 is 0 Å². The lowest BCUT2D eigenvalue weighted by atomic mass is 9.70. The molecule has 0 radical (unpaired) electrons. The molecule has 22 rings (SSSR count). The van der Waals surface area contributed by atoms with Gasteiger partial charge in [0.15, 0.2) is 0 Å². The van der Waals surface area contributed by atoms with Gasteiger partial charge in [-0.1, -0.05) is 243 Å². The molecule has 0 bridgehead atoms. The first-order valence-electron chi connectivity index (χ1n) is 33.7. The van der Waals surface area contributed by atoms with E-state index in [1.54, 1.807) is 0 Å². The van der Waals surface area contributed by atoms with Crippen molar-refractivity contribution in [3.8, 4) is 72.7 Å². The smallest absolute Gasteiger partial charge is 0.0725 e. The van der Waals surface area contributed by atoms with Crippen LogP contribution < -0.4 is 0 Å². The van der Waals surface area contributed by atoms with E-state index in [4.69, 9.17) is 0 Å². The van der Waals surface area contributed by atoms with Gasteiger partial charge in [-0.25, -0.2) is 0 Å². The van der Waals surface area contributed by atoms with Crippen LogP contribution in [0.2, 0.25) is 0 Å². The Morgan fingerprint density at radius 2 is 0.479 bits per heavy atom. The van der Waals surface area contributed by atoms with Crippen LogP contribution in [0.3, 0.4) is 0 Å². The average Bonchev–Trinajstić information content (AvgIpc) is 1.52. The lowest BCUT2D eigenvalue weighted by Crippen LogP contribution is -2.25. The zero-order valence-electron chi connectivity index (χ0n) is 52.3. The molecule has 0 amide bonds. The Bertz CT molecular complexity index is 6290. The fourth-order valence-electron chi connectivity index (χ4n) is 18.7. The van der Waals surface area contributed by atoms with Gasteiger partial charge in [-0.05, 0) is 209 Å². The van der Waals surface area contributed by atoms with Gasteiger partial charge in [-0.15, -0.1) is 0 Å². The monoisotopic (exact) mass is 1220 g/mol. The molecule has 0 atom stereocenters. The molecule has 0 unspecified atom stereocenters. The summed E-state index contributed by atoms with van der Waals surface area (Å²) in [5.74, 6) is 0. The van der Waals surface area contributed by atoms with Gasteiger partial charge >= 0.3 is 0 Å². The summed E-state index contributed by atoms with van der Waals surface area (Å²) in [4.78, 5) is 0.